The van der Waals surface area contributed by atoms with Gasteiger partial charge in [-0.15, -0.1) is 0 Å². The predicted octanol–water partition coefficient (Wildman–Crippen LogP) is 6.90. The number of likely N-dealkylation sites (N-methyl/N-ethyl adjacent to an activating group) is 1. The zero-order valence-corrected chi connectivity index (χ0v) is 30.1. The minimum Gasteiger partial charge on any atom is -0.418 e. The van der Waals surface area contributed by atoms with Crippen molar-refractivity contribution in [1.82, 2.24) is 19.6 Å². The fourth-order valence-corrected chi connectivity index (χ4v) is 7.56. The normalized spacial score (nSPS) is 22.1. The van der Waals surface area contributed by atoms with Crippen molar-refractivity contribution in [3.8, 4) is 5.75 Å². The Morgan fingerprint density at radius 2 is 1.50 bits per heavy atom. The molecule has 9 nitrogen and oxygen atoms in total. The van der Waals surface area contributed by atoms with Crippen LogP contribution >= 0.6 is 23.2 Å². The zero-order chi connectivity index (χ0) is 40.1. The van der Waals surface area contributed by atoms with Crippen LogP contribution in [0.2, 0.25) is 10.0 Å². The third-order valence-corrected chi connectivity index (χ3v) is 10.8. The van der Waals surface area contributed by atoms with E-state index in [9.17, 15) is 58.7 Å². The summed E-state index contributed by atoms with van der Waals surface area (Å²) < 4.78 is 127. The minimum absolute atomic E-state index is 0.0325. The average molecular weight is 820 g/mol. The molecule has 5 rings (SSSR count). The number of carbonyl (C=O) groups is 4. The molecule has 2 aromatic rings. The van der Waals surface area contributed by atoms with Gasteiger partial charge in [0.05, 0.1) is 32.7 Å². The molecule has 296 valence electrons. The van der Waals surface area contributed by atoms with Crippen LogP contribution in [0.4, 0.5) is 39.5 Å². The number of esters is 1. The molecule has 54 heavy (non-hydrogen) atoms. The van der Waals surface area contributed by atoms with Gasteiger partial charge in [0.15, 0.2) is 5.75 Å². The monoisotopic (exact) mass is 818 g/mol. The molecule has 20 heteroatoms. The van der Waals surface area contributed by atoms with E-state index in [0.717, 1.165) is 37.9 Å². The van der Waals surface area contributed by atoms with Crippen molar-refractivity contribution >= 4 is 46.9 Å². The molecule has 0 aliphatic carbocycles. The topological polar surface area (TPSA) is 90.5 Å². The lowest BCUT2D eigenvalue weighted by molar-refractivity contribution is -0.190. The van der Waals surface area contributed by atoms with Gasteiger partial charge in [-0.3, -0.25) is 14.4 Å². The first-order valence-corrected chi connectivity index (χ1v) is 17.3. The molecule has 3 aliphatic rings. The first kappa shape index (κ1) is 41.4. The maximum absolute atomic E-state index is 14.1. The Morgan fingerprint density at radius 1 is 0.852 bits per heavy atom. The maximum atomic E-state index is 14.1. The molecule has 0 aromatic heterocycles. The van der Waals surface area contributed by atoms with Crippen molar-refractivity contribution in [2.24, 2.45) is 5.92 Å². The Hall–Kier alpha value is -3.77. The predicted molar refractivity (Wildman–Crippen MR) is 175 cm³/mol. The molecule has 3 fully saturated rings. The van der Waals surface area contributed by atoms with Gasteiger partial charge in [-0.2, -0.15) is 39.5 Å². The van der Waals surface area contributed by atoms with Crippen LogP contribution in [0.3, 0.4) is 0 Å². The quantitative estimate of drug-likeness (QED) is 0.179. The van der Waals surface area contributed by atoms with Crippen LogP contribution in [0.5, 0.6) is 5.75 Å². The number of benzene rings is 2. The zero-order valence-electron chi connectivity index (χ0n) is 28.5. The summed E-state index contributed by atoms with van der Waals surface area (Å²) in [5.74, 6) is -9.10. The largest absolute Gasteiger partial charge is 0.491 e. The second kappa shape index (κ2) is 15.4. The summed E-state index contributed by atoms with van der Waals surface area (Å²) >= 11 is 12.4. The van der Waals surface area contributed by atoms with Crippen molar-refractivity contribution in [1.29, 1.82) is 0 Å². The second-order valence-corrected chi connectivity index (χ2v) is 14.4. The number of rotatable bonds is 6. The Balaban J connectivity index is 1.49. The molecule has 3 amide bonds. The number of nitrogens with zero attached hydrogens (tertiary/aromatic N) is 4. The number of amides is 3. The van der Waals surface area contributed by atoms with Gasteiger partial charge in [0.25, 0.3) is 5.91 Å². The maximum Gasteiger partial charge on any atom is 0.491 e. The molecular weight excluding hydrogens is 786 g/mol. The molecule has 0 unspecified atom stereocenters. The molecule has 0 radical (unpaired) electrons. The van der Waals surface area contributed by atoms with Gasteiger partial charge in [-0.05, 0) is 69.2 Å². The fourth-order valence-electron chi connectivity index (χ4n) is 7.25. The molecule has 3 atom stereocenters. The van der Waals surface area contributed by atoms with Gasteiger partial charge in [0.2, 0.25) is 11.8 Å². The highest BCUT2D eigenvalue weighted by atomic mass is 35.5. The van der Waals surface area contributed by atoms with Crippen LogP contribution in [0.1, 0.15) is 58.6 Å². The number of carbonyl (C=O) groups excluding carboxylic acids is 4. The molecule has 0 saturated carbocycles. The van der Waals surface area contributed by atoms with E-state index in [4.69, 9.17) is 23.2 Å². The number of hydrogen-bond donors (Lipinski definition) is 0. The van der Waals surface area contributed by atoms with Gasteiger partial charge in [-0.25, -0.2) is 4.79 Å². The molecule has 3 saturated heterocycles. The second-order valence-electron chi connectivity index (χ2n) is 13.6. The number of piperidine rings is 2. The molecule has 0 bridgehead atoms. The van der Waals surface area contributed by atoms with Crippen LogP contribution < -0.4 is 4.74 Å². The van der Waals surface area contributed by atoms with E-state index >= 15 is 0 Å². The molecule has 0 N–H and O–H groups in total. The highest BCUT2D eigenvalue weighted by Gasteiger charge is 2.48. The Labute approximate surface area is 312 Å². The van der Waals surface area contributed by atoms with Gasteiger partial charge < -0.3 is 24.3 Å². The molecule has 3 heterocycles. The number of hydrogen-bond acceptors (Lipinski definition) is 6. The van der Waals surface area contributed by atoms with Crippen LogP contribution in [0.15, 0.2) is 30.3 Å². The van der Waals surface area contributed by atoms with E-state index in [2.05, 4.69) is 9.64 Å². The SMILES string of the molecule is CN1CCC(N2C[C@H](C(=O)N3CC[C@@H](N(C)C(=O)c4cc(C(F)(F)F)cc(C(F)(F)F)c4OC(=O)C(F)(F)F)[C@H](c4ccc(Cl)c(Cl)c4)C3)CC2=O)CC1. The van der Waals surface area contributed by atoms with Crippen molar-refractivity contribution in [2.45, 2.75) is 62.2 Å². The summed E-state index contributed by atoms with van der Waals surface area (Å²) in [6, 6.07) is 2.46. The third kappa shape index (κ3) is 8.85. The molecule has 3 aliphatic heterocycles. The number of halogens is 11. The standard InChI is InChI=1S/C34H33Cl2F9N4O5/c1-46-8-5-20(6-9-46)49-15-18(12-27(49)50)29(51)48-10-7-26(22(16-48)17-3-4-24(35)25(36)11-17)47(2)30(52)21-13-19(32(37,38)39)14-23(33(40,41)42)28(21)54-31(53)34(43,44)45/h3-4,11,13-14,18,20,22,26H,5-10,12,15-16H2,1-2H3/t18-,22+,26-/m1/s1. The molecular formula is C34H33Cl2F9N4O5. The van der Waals surface area contributed by atoms with Crippen molar-refractivity contribution in [2.75, 3.05) is 46.8 Å². The number of likely N-dealkylation sites (tertiary alicyclic amines) is 3. The van der Waals surface area contributed by atoms with E-state index in [-0.39, 0.29) is 66.4 Å². The van der Waals surface area contributed by atoms with Gasteiger partial charge in [-0.1, -0.05) is 29.3 Å². The van der Waals surface area contributed by atoms with E-state index in [1.165, 1.54) is 23.1 Å². The number of alkyl halides is 9. The van der Waals surface area contributed by atoms with Crippen molar-refractivity contribution in [3.63, 3.8) is 0 Å². The summed E-state index contributed by atoms with van der Waals surface area (Å²) in [7, 11) is 2.97. The fraction of sp³-hybridized carbons (Fsp3) is 0.529. The Morgan fingerprint density at radius 3 is 2.07 bits per heavy atom. The summed E-state index contributed by atoms with van der Waals surface area (Å²) in [5, 5.41) is 0.151. The summed E-state index contributed by atoms with van der Waals surface area (Å²) in [6.45, 7) is 1.50. The van der Waals surface area contributed by atoms with E-state index in [1.54, 1.807) is 4.90 Å². The minimum atomic E-state index is -5.88. The Bertz CT molecular complexity index is 1800. The van der Waals surface area contributed by atoms with Gasteiger partial charge >= 0.3 is 24.5 Å². The smallest absolute Gasteiger partial charge is 0.418 e. The van der Waals surface area contributed by atoms with Crippen molar-refractivity contribution in [3.05, 3.63) is 62.6 Å². The summed E-state index contributed by atoms with van der Waals surface area (Å²) in [5.41, 5.74) is -5.73. The highest BCUT2D eigenvalue weighted by molar-refractivity contribution is 6.42. The first-order valence-electron chi connectivity index (χ1n) is 16.6. The van der Waals surface area contributed by atoms with E-state index < -0.39 is 76.8 Å². The lowest BCUT2D eigenvalue weighted by atomic mass is 9.84. The van der Waals surface area contributed by atoms with Gasteiger partial charge in [0, 0.05) is 51.1 Å². The molecule has 2 aromatic carbocycles. The van der Waals surface area contributed by atoms with Crippen molar-refractivity contribution < 1.29 is 63.4 Å². The van der Waals surface area contributed by atoms with Gasteiger partial charge in [0.1, 0.15) is 0 Å². The van der Waals surface area contributed by atoms with E-state index in [0.29, 0.717) is 5.56 Å². The first-order chi connectivity index (χ1) is 25.0. The van der Waals surface area contributed by atoms with Crippen LogP contribution in [0.25, 0.3) is 0 Å². The van der Waals surface area contributed by atoms with Crippen LogP contribution in [0, 0.1) is 5.92 Å². The van der Waals surface area contributed by atoms with Crippen LogP contribution in [-0.2, 0) is 26.7 Å². The lowest BCUT2D eigenvalue weighted by Crippen LogP contribution is -2.53. The highest BCUT2D eigenvalue weighted by Crippen LogP contribution is 2.44. The third-order valence-electron chi connectivity index (χ3n) is 10.1. The number of ether oxygens (including phenoxy) is 1. The molecule has 0 spiro atoms. The summed E-state index contributed by atoms with van der Waals surface area (Å²) in [6.07, 6.45) is -15.9. The van der Waals surface area contributed by atoms with E-state index in [1.807, 2.05) is 7.05 Å². The Kier molecular flexibility index (Phi) is 11.8. The lowest BCUT2D eigenvalue weighted by Gasteiger charge is -2.43. The van der Waals surface area contributed by atoms with Crippen LogP contribution in [-0.4, -0.2) is 108 Å². The summed E-state index contributed by atoms with van der Waals surface area (Å²) in [4.78, 5) is 58.6. The average Bonchev–Trinajstić information content (AvgIpc) is 3.48.